The summed E-state index contributed by atoms with van der Waals surface area (Å²) in [5.74, 6) is 0. The molecule has 3 heterocycles. The van der Waals surface area contributed by atoms with Crippen molar-refractivity contribution < 1.29 is 4.79 Å². The van der Waals surface area contributed by atoms with Crippen LogP contribution < -0.4 is 10.6 Å². The van der Waals surface area contributed by atoms with Crippen LogP contribution in [0.25, 0.3) is 16.6 Å². The van der Waals surface area contributed by atoms with Crippen molar-refractivity contribution in [3.05, 3.63) is 71.8 Å². The van der Waals surface area contributed by atoms with E-state index in [1.165, 1.54) is 0 Å². The maximum Gasteiger partial charge on any atom is 0.315 e. The molecular formula is C19H19N5O. The molecule has 0 saturated carbocycles. The number of nitrogens with one attached hydrogen (secondary N) is 3. The Balaban J connectivity index is 1.38. The molecule has 126 valence electrons. The van der Waals surface area contributed by atoms with E-state index in [2.05, 4.69) is 20.6 Å². The summed E-state index contributed by atoms with van der Waals surface area (Å²) in [6.07, 6.45) is 1.95. The van der Waals surface area contributed by atoms with Gasteiger partial charge in [-0.15, -0.1) is 0 Å². The van der Waals surface area contributed by atoms with Crippen LogP contribution in [-0.4, -0.2) is 20.4 Å². The summed E-state index contributed by atoms with van der Waals surface area (Å²) < 4.78 is 1.99. The van der Waals surface area contributed by atoms with Crippen LogP contribution in [0.5, 0.6) is 0 Å². The van der Waals surface area contributed by atoms with Crippen LogP contribution in [-0.2, 0) is 13.1 Å². The molecule has 0 aliphatic carbocycles. The maximum atomic E-state index is 12.1. The molecule has 6 heteroatoms. The third-order valence-corrected chi connectivity index (χ3v) is 4.27. The monoisotopic (exact) mass is 333 g/mol. The standard InChI is InChI=1S/C19H19N5O/c1-13-17(24-9-5-4-8-18(24)22-13)12-21-19(25)20-11-15-10-14-6-2-3-7-16(14)23-15/h2-10,23H,11-12H2,1H3,(H2,20,21,25). The number of imidazole rings is 1. The first-order chi connectivity index (χ1) is 12.2. The van der Waals surface area contributed by atoms with E-state index in [-0.39, 0.29) is 6.03 Å². The van der Waals surface area contributed by atoms with Crippen molar-refractivity contribution in [2.75, 3.05) is 0 Å². The summed E-state index contributed by atoms with van der Waals surface area (Å²) in [5, 5.41) is 6.92. The van der Waals surface area contributed by atoms with Crippen molar-refractivity contribution >= 4 is 22.6 Å². The Morgan fingerprint density at radius 2 is 1.92 bits per heavy atom. The molecular weight excluding hydrogens is 314 g/mol. The second kappa shape index (κ2) is 6.32. The van der Waals surface area contributed by atoms with E-state index in [9.17, 15) is 4.79 Å². The van der Waals surface area contributed by atoms with Gasteiger partial charge in [0.05, 0.1) is 24.5 Å². The number of aromatic amines is 1. The first-order valence-electron chi connectivity index (χ1n) is 8.21. The molecule has 4 rings (SSSR count). The Labute approximate surface area is 144 Å². The second-order valence-corrected chi connectivity index (χ2v) is 5.99. The minimum absolute atomic E-state index is 0.205. The molecule has 0 atom stereocenters. The number of amides is 2. The Bertz CT molecular complexity index is 1010. The van der Waals surface area contributed by atoms with Crippen LogP contribution in [0, 0.1) is 6.92 Å². The lowest BCUT2D eigenvalue weighted by molar-refractivity contribution is 0.240. The molecule has 0 aliphatic rings. The minimum Gasteiger partial charge on any atom is -0.357 e. The van der Waals surface area contributed by atoms with Gasteiger partial charge in [0.25, 0.3) is 0 Å². The van der Waals surface area contributed by atoms with Gasteiger partial charge < -0.3 is 20.0 Å². The van der Waals surface area contributed by atoms with Crippen LogP contribution in [0.3, 0.4) is 0 Å². The normalized spacial score (nSPS) is 11.1. The number of para-hydroxylation sites is 1. The number of hydrogen-bond acceptors (Lipinski definition) is 2. The molecule has 0 radical (unpaired) electrons. The smallest absolute Gasteiger partial charge is 0.315 e. The lowest BCUT2D eigenvalue weighted by Crippen LogP contribution is -2.35. The second-order valence-electron chi connectivity index (χ2n) is 5.99. The highest BCUT2D eigenvalue weighted by Gasteiger charge is 2.09. The van der Waals surface area contributed by atoms with Gasteiger partial charge in [-0.05, 0) is 36.6 Å². The highest BCUT2D eigenvalue weighted by molar-refractivity contribution is 5.80. The molecule has 0 fully saturated rings. The maximum absolute atomic E-state index is 12.1. The van der Waals surface area contributed by atoms with Crippen molar-refractivity contribution in [3.63, 3.8) is 0 Å². The molecule has 1 aromatic carbocycles. The van der Waals surface area contributed by atoms with Crippen molar-refractivity contribution in [1.29, 1.82) is 0 Å². The van der Waals surface area contributed by atoms with Gasteiger partial charge in [0.2, 0.25) is 0 Å². The van der Waals surface area contributed by atoms with E-state index in [1.54, 1.807) is 0 Å². The van der Waals surface area contributed by atoms with Crippen LogP contribution in [0.1, 0.15) is 17.1 Å². The highest BCUT2D eigenvalue weighted by Crippen LogP contribution is 2.14. The van der Waals surface area contributed by atoms with E-state index >= 15 is 0 Å². The first kappa shape index (κ1) is 15.3. The number of H-pyrrole nitrogens is 1. The summed E-state index contributed by atoms with van der Waals surface area (Å²) in [7, 11) is 0. The number of nitrogens with zero attached hydrogens (tertiary/aromatic N) is 2. The van der Waals surface area contributed by atoms with Gasteiger partial charge in [-0.2, -0.15) is 0 Å². The molecule has 4 aromatic rings. The van der Waals surface area contributed by atoms with Crippen LogP contribution in [0.4, 0.5) is 4.79 Å². The zero-order valence-electron chi connectivity index (χ0n) is 13.9. The zero-order valence-corrected chi connectivity index (χ0v) is 13.9. The van der Waals surface area contributed by atoms with E-state index in [0.717, 1.165) is 33.6 Å². The van der Waals surface area contributed by atoms with Crippen molar-refractivity contribution in [2.45, 2.75) is 20.0 Å². The zero-order chi connectivity index (χ0) is 17.2. The van der Waals surface area contributed by atoms with E-state index in [4.69, 9.17) is 0 Å². The molecule has 3 N–H and O–H groups in total. The van der Waals surface area contributed by atoms with Gasteiger partial charge in [-0.1, -0.05) is 24.3 Å². The number of pyridine rings is 1. The quantitative estimate of drug-likeness (QED) is 0.537. The molecule has 0 saturated heterocycles. The topological polar surface area (TPSA) is 74.2 Å². The number of urea groups is 1. The Morgan fingerprint density at radius 3 is 2.80 bits per heavy atom. The molecule has 0 spiro atoms. The van der Waals surface area contributed by atoms with Gasteiger partial charge in [-0.3, -0.25) is 0 Å². The molecule has 3 aromatic heterocycles. The third-order valence-electron chi connectivity index (χ3n) is 4.27. The van der Waals surface area contributed by atoms with Gasteiger partial charge in [0.15, 0.2) is 0 Å². The van der Waals surface area contributed by atoms with Gasteiger partial charge in [0.1, 0.15) is 5.65 Å². The summed E-state index contributed by atoms with van der Waals surface area (Å²) in [6.45, 7) is 2.83. The Kier molecular flexibility index (Phi) is 3.85. The lowest BCUT2D eigenvalue weighted by Gasteiger charge is -2.07. The van der Waals surface area contributed by atoms with Crippen LogP contribution >= 0.6 is 0 Å². The van der Waals surface area contributed by atoms with Crippen molar-refractivity contribution in [1.82, 2.24) is 25.0 Å². The average Bonchev–Trinajstić information content (AvgIpc) is 3.18. The number of carbonyl (C=O) groups is 1. The van der Waals surface area contributed by atoms with Crippen LogP contribution in [0.15, 0.2) is 54.7 Å². The summed E-state index contributed by atoms with van der Waals surface area (Å²) in [5.41, 5.74) is 4.83. The number of aryl methyl sites for hydroxylation is 1. The molecule has 2 amide bonds. The van der Waals surface area contributed by atoms with Crippen molar-refractivity contribution in [3.8, 4) is 0 Å². The van der Waals surface area contributed by atoms with E-state index in [1.807, 2.05) is 66.1 Å². The van der Waals surface area contributed by atoms with Gasteiger partial charge in [-0.25, -0.2) is 9.78 Å². The number of aromatic nitrogens is 3. The number of hydrogen-bond donors (Lipinski definition) is 3. The summed E-state index contributed by atoms with van der Waals surface area (Å²) >= 11 is 0. The number of rotatable bonds is 4. The largest absolute Gasteiger partial charge is 0.357 e. The molecule has 6 nitrogen and oxygen atoms in total. The average molecular weight is 333 g/mol. The molecule has 0 unspecified atom stereocenters. The Morgan fingerprint density at radius 1 is 1.12 bits per heavy atom. The number of carbonyl (C=O) groups excluding carboxylic acids is 1. The highest BCUT2D eigenvalue weighted by atomic mass is 16.2. The molecule has 25 heavy (non-hydrogen) atoms. The van der Waals surface area contributed by atoms with Gasteiger partial charge >= 0.3 is 6.03 Å². The number of benzene rings is 1. The third kappa shape index (κ3) is 3.06. The molecule has 0 aliphatic heterocycles. The minimum atomic E-state index is -0.205. The predicted octanol–water partition coefficient (Wildman–Crippen LogP) is 3.12. The predicted molar refractivity (Wildman–Crippen MR) is 97.3 cm³/mol. The van der Waals surface area contributed by atoms with Crippen LogP contribution in [0.2, 0.25) is 0 Å². The van der Waals surface area contributed by atoms with E-state index in [0.29, 0.717) is 13.1 Å². The fraction of sp³-hybridized carbons (Fsp3) is 0.158. The first-order valence-corrected chi connectivity index (χ1v) is 8.21. The number of fused-ring (bicyclic) bond motifs is 2. The summed E-state index contributed by atoms with van der Waals surface area (Å²) in [6, 6.07) is 15.7. The fourth-order valence-electron chi connectivity index (χ4n) is 3.01. The fourth-order valence-corrected chi connectivity index (χ4v) is 3.01. The Hall–Kier alpha value is -3.28. The van der Waals surface area contributed by atoms with E-state index < -0.39 is 0 Å². The SMILES string of the molecule is Cc1nc2ccccn2c1CNC(=O)NCc1cc2ccccc2[nH]1. The molecule has 0 bridgehead atoms. The lowest BCUT2D eigenvalue weighted by atomic mass is 10.2. The van der Waals surface area contributed by atoms with Gasteiger partial charge in [0, 0.05) is 17.4 Å². The summed E-state index contributed by atoms with van der Waals surface area (Å²) in [4.78, 5) is 19.9. The van der Waals surface area contributed by atoms with Crippen molar-refractivity contribution in [2.24, 2.45) is 0 Å².